The van der Waals surface area contributed by atoms with Gasteiger partial charge in [-0.2, -0.15) is 0 Å². The van der Waals surface area contributed by atoms with Gasteiger partial charge in [-0.15, -0.1) is 0 Å². The number of hydrogen-bond acceptors (Lipinski definition) is 3. The number of fused-ring (bicyclic) bond motifs is 1. The average Bonchev–Trinajstić information content (AvgIpc) is 3.12. The Hall–Kier alpha value is -3.67. The highest BCUT2D eigenvalue weighted by Crippen LogP contribution is 2.26. The Balaban J connectivity index is 1.55. The molecule has 0 bridgehead atoms. The highest BCUT2D eigenvalue weighted by atomic mass is 19.1. The first-order chi connectivity index (χ1) is 14.1. The van der Waals surface area contributed by atoms with E-state index in [4.69, 9.17) is 4.74 Å². The molecule has 0 spiro atoms. The molecule has 0 saturated heterocycles. The van der Waals surface area contributed by atoms with E-state index in [9.17, 15) is 9.18 Å². The Bertz CT molecular complexity index is 1140. The second-order valence-corrected chi connectivity index (χ2v) is 6.62. The van der Waals surface area contributed by atoms with Crippen molar-refractivity contribution in [2.45, 2.75) is 12.8 Å². The smallest absolute Gasteiger partial charge is 0.224 e. The van der Waals surface area contributed by atoms with Gasteiger partial charge in [0, 0.05) is 23.9 Å². The third-order valence-corrected chi connectivity index (χ3v) is 4.71. The molecule has 0 saturated carbocycles. The number of aromatic nitrogens is 2. The van der Waals surface area contributed by atoms with Crippen molar-refractivity contribution >= 4 is 17.2 Å². The number of ether oxygens (including phenoxy) is 1. The van der Waals surface area contributed by atoms with Crippen LogP contribution in [0.1, 0.15) is 12.1 Å². The number of pyridine rings is 1. The summed E-state index contributed by atoms with van der Waals surface area (Å²) in [6.07, 6.45) is 2.72. The second kappa shape index (κ2) is 8.14. The minimum Gasteiger partial charge on any atom is -0.497 e. The lowest BCUT2D eigenvalue weighted by atomic mass is 10.1. The van der Waals surface area contributed by atoms with Crippen LogP contribution in [0, 0.1) is 5.82 Å². The zero-order valence-electron chi connectivity index (χ0n) is 15.9. The number of nitrogens with zero attached hydrogens (tertiary/aromatic N) is 2. The Morgan fingerprint density at radius 3 is 2.55 bits per heavy atom. The molecule has 29 heavy (non-hydrogen) atoms. The van der Waals surface area contributed by atoms with Crippen molar-refractivity contribution < 1.29 is 13.9 Å². The molecule has 1 amide bonds. The van der Waals surface area contributed by atoms with Gasteiger partial charge in [0.15, 0.2) is 0 Å². The first-order valence-corrected chi connectivity index (χ1v) is 9.30. The SMILES string of the molecule is COc1ccc(NC(=O)CCc2c(-c3ccc(F)cc3)nc3ccccn23)cc1. The number of nitrogens with one attached hydrogen (secondary N) is 1. The first-order valence-electron chi connectivity index (χ1n) is 9.30. The molecule has 5 nitrogen and oxygen atoms in total. The number of rotatable bonds is 6. The molecule has 0 atom stereocenters. The van der Waals surface area contributed by atoms with E-state index in [1.165, 1.54) is 12.1 Å². The van der Waals surface area contributed by atoms with E-state index in [-0.39, 0.29) is 11.7 Å². The van der Waals surface area contributed by atoms with Crippen LogP contribution < -0.4 is 10.1 Å². The van der Waals surface area contributed by atoms with Gasteiger partial charge in [0.2, 0.25) is 5.91 Å². The molecule has 1 N–H and O–H groups in total. The summed E-state index contributed by atoms with van der Waals surface area (Å²) < 4.78 is 20.4. The Morgan fingerprint density at radius 1 is 1.07 bits per heavy atom. The summed E-state index contributed by atoms with van der Waals surface area (Å²) in [6.45, 7) is 0. The van der Waals surface area contributed by atoms with Gasteiger partial charge in [-0.25, -0.2) is 9.37 Å². The van der Waals surface area contributed by atoms with Crippen molar-refractivity contribution in [3.05, 3.63) is 84.4 Å². The van der Waals surface area contributed by atoms with Crippen LogP contribution in [0.15, 0.2) is 72.9 Å². The number of halogens is 1. The molecule has 0 fully saturated rings. The fourth-order valence-corrected chi connectivity index (χ4v) is 3.25. The van der Waals surface area contributed by atoms with Crippen LogP contribution in [0.2, 0.25) is 0 Å². The van der Waals surface area contributed by atoms with E-state index >= 15 is 0 Å². The molecule has 2 aromatic heterocycles. The summed E-state index contributed by atoms with van der Waals surface area (Å²) in [5.74, 6) is 0.349. The number of methoxy groups -OCH3 is 1. The van der Waals surface area contributed by atoms with Gasteiger partial charge in [0.05, 0.1) is 18.5 Å². The summed E-state index contributed by atoms with van der Waals surface area (Å²) in [7, 11) is 1.60. The maximum atomic E-state index is 13.3. The number of carbonyl (C=O) groups excluding carboxylic acids is 1. The fourth-order valence-electron chi connectivity index (χ4n) is 3.25. The first kappa shape index (κ1) is 18.7. The molecule has 6 heteroatoms. The van der Waals surface area contributed by atoms with E-state index in [1.807, 2.05) is 28.8 Å². The molecule has 4 rings (SSSR count). The van der Waals surface area contributed by atoms with Crippen LogP contribution in [0.5, 0.6) is 5.75 Å². The number of amides is 1. The maximum Gasteiger partial charge on any atom is 0.224 e. The van der Waals surface area contributed by atoms with Crippen molar-refractivity contribution in [3.8, 4) is 17.0 Å². The van der Waals surface area contributed by atoms with Crippen LogP contribution in [-0.4, -0.2) is 22.4 Å². The van der Waals surface area contributed by atoms with Crippen molar-refractivity contribution in [1.82, 2.24) is 9.38 Å². The molecule has 0 aliphatic rings. The predicted molar refractivity (Wildman–Crippen MR) is 111 cm³/mol. The van der Waals surface area contributed by atoms with Crippen molar-refractivity contribution in [3.63, 3.8) is 0 Å². The Kier molecular flexibility index (Phi) is 5.24. The summed E-state index contributed by atoms with van der Waals surface area (Å²) in [4.78, 5) is 17.2. The molecule has 0 aliphatic heterocycles. The second-order valence-electron chi connectivity index (χ2n) is 6.62. The van der Waals surface area contributed by atoms with Crippen molar-refractivity contribution in [2.24, 2.45) is 0 Å². The largest absolute Gasteiger partial charge is 0.497 e. The molecule has 0 radical (unpaired) electrons. The quantitative estimate of drug-likeness (QED) is 0.519. The van der Waals surface area contributed by atoms with Crippen LogP contribution in [0.3, 0.4) is 0 Å². The van der Waals surface area contributed by atoms with E-state index < -0.39 is 0 Å². The van der Waals surface area contributed by atoms with Gasteiger partial charge in [0.1, 0.15) is 17.2 Å². The fraction of sp³-hybridized carbons (Fsp3) is 0.130. The molecule has 2 aromatic carbocycles. The van der Waals surface area contributed by atoms with Gasteiger partial charge in [-0.1, -0.05) is 6.07 Å². The summed E-state index contributed by atoms with van der Waals surface area (Å²) in [5, 5.41) is 2.90. The molecular formula is C23H20FN3O2. The predicted octanol–water partition coefficient (Wildman–Crippen LogP) is 4.72. The zero-order chi connectivity index (χ0) is 20.2. The minimum atomic E-state index is -0.294. The van der Waals surface area contributed by atoms with Gasteiger partial charge in [0.25, 0.3) is 0 Å². The summed E-state index contributed by atoms with van der Waals surface area (Å²) in [5.41, 5.74) is 4.00. The van der Waals surface area contributed by atoms with Crippen molar-refractivity contribution in [2.75, 3.05) is 12.4 Å². The average molecular weight is 389 g/mol. The lowest BCUT2D eigenvalue weighted by molar-refractivity contribution is -0.116. The maximum absolute atomic E-state index is 13.3. The van der Waals surface area contributed by atoms with E-state index in [0.29, 0.717) is 18.5 Å². The number of carbonyl (C=O) groups is 1. The van der Waals surface area contributed by atoms with E-state index in [2.05, 4.69) is 10.3 Å². The Labute approximate surface area is 167 Å². The zero-order valence-corrected chi connectivity index (χ0v) is 15.9. The highest BCUT2D eigenvalue weighted by molar-refractivity contribution is 5.91. The van der Waals surface area contributed by atoms with Crippen LogP contribution >= 0.6 is 0 Å². The monoisotopic (exact) mass is 389 g/mol. The molecule has 2 heterocycles. The van der Waals surface area contributed by atoms with Crippen LogP contribution in [-0.2, 0) is 11.2 Å². The van der Waals surface area contributed by atoms with Gasteiger partial charge in [-0.3, -0.25) is 4.79 Å². The number of benzene rings is 2. The minimum absolute atomic E-state index is 0.0916. The molecule has 0 unspecified atom stereocenters. The number of anilines is 1. The lowest BCUT2D eigenvalue weighted by Crippen LogP contribution is -2.13. The molecule has 0 aliphatic carbocycles. The number of hydrogen-bond donors (Lipinski definition) is 1. The molecule has 146 valence electrons. The van der Waals surface area contributed by atoms with Crippen LogP contribution in [0.25, 0.3) is 16.9 Å². The molecule has 4 aromatic rings. The van der Waals surface area contributed by atoms with Gasteiger partial charge in [-0.05, 0) is 67.1 Å². The summed E-state index contributed by atoms with van der Waals surface area (Å²) >= 11 is 0. The molecular weight excluding hydrogens is 369 g/mol. The van der Waals surface area contributed by atoms with Crippen molar-refractivity contribution in [1.29, 1.82) is 0 Å². The third kappa shape index (κ3) is 4.11. The highest BCUT2D eigenvalue weighted by Gasteiger charge is 2.15. The van der Waals surface area contributed by atoms with E-state index in [0.717, 1.165) is 28.3 Å². The standard InChI is InChI=1S/C23H20FN3O2/c1-29-19-11-9-18(10-12-19)25-22(28)14-13-20-23(16-5-7-17(24)8-6-16)26-21-4-2-3-15-27(20)21/h2-12,15H,13-14H2,1H3,(H,25,28). The van der Waals surface area contributed by atoms with Gasteiger partial charge >= 0.3 is 0 Å². The number of aryl methyl sites for hydroxylation is 1. The third-order valence-electron chi connectivity index (χ3n) is 4.71. The van der Waals surface area contributed by atoms with Crippen LogP contribution in [0.4, 0.5) is 10.1 Å². The van der Waals surface area contributed by atoms with E-state index in [1.54, 1.807) is 43.5 Å². The summed E-state index contributed by atoms with van der Waals surface area (Å²) in [6, 6.07) is 19.2. The number of imidazole rings is 1. The van der Waals surface area contributed by atoms with Gasteiger partial charge < -0.3 is 14.5 Å². The lowest BCUT2D eigenvalue weighted by Gasteiger charge is -2.08. The topological polar surface area (TPSA) is 55.6 Å². The Morgan fingerprint density at radius 2 is 1.83 bits per heavy atom. The normalized spacial score (nSPS) is 10.8.